The standard InChI is InChI=1S/C14H9ClF2N2OS/c15-9-5-7(13(18)21)2-4-12(9)19-14(20)8-1-3-10(16)11(17)6-8/h1-6H,(H2,18,21)(H,19,20). The zero-order chi connectivity index (χ0) is 15.6. The normalized spacial score (nSPS) is 10.2. The van der Waals surface area contributed by atoms with E-state index in [0.717, 1.165) is 12.1 Å². The topological polar surface area (TPSA) is 55.1 Å². The third kappa shape index (κ3) is 3.53. The number of anilines is 1. The number of nitrogens with two attached hydrogens (primary N) is 1. The van der Waals surface area contributed by atoms with Crippen LogP contribution in [0.5, 0.6) is 0 Å². The average Bonchev–Trinajstić information content (AvgIpc) is 2.43. The van der Waals surface area contributed by atoms with E-state index in [0.29, 0.717) is 11.3 Å². The molecule has 0 aromatic heterocycles. The average molecular weight is 327 g/mol. The van der Waals surface area contributed by atoms with Gasteiger partial charge in [0.25, 0.3) is 5.91 Å². The Labute approximate surface area is 129 Å². The summed E-state index contributed by atoms with van der Waals surface area (Å²) in [5.41, 5.74) is 6.31. The van der Waals surface area contributed by atoms with E-state index in [1.165, 1.54) is 18.2 Å². The predicted molar refractivity (Wildman–Crippen MR) is 81.7 cm³/mol. The molecule has 7 heteroatoms. The van der Waals surface area contributed by atoms with Crippen molar-refractivity contribution in [1.29, 1.82) is 0 Å². The number of rotatable bonds is 3. The van der Waals surface area contributed by atoms with Crippen LogP contribution in [0.25, 0.3) is 0 Å². The largest absolute Gasteiger partial charge is 0.389 e. The summed E-state index contributed by atoms with van der Waals surface area (Å²) in [6, 6.07) is 7.48. The lowest BCUT2D eigenvalue weighted by atomic mass is 10.1. The molecule has 0 fully saturated rings. The lowest BCUT2D eigenvalue weighted by Crippen LogP contribution is -2.14. The Bertz CT molecular complexity index is 737. The van der Waals surface area contributed by atoms with E-state index in [9.17, 15) is 13.6 Å². The second-order valence-corrected chi connectivity index (χ2v) is 4.99. The third-order valence-corrected chi connectivity index (χ3v) is 3.23. The zero-order valence-electron chi connectivity index (χ0n) is 10.5. The molecule has 0 spiro atoms. The number of benzene rings is 2. The van der Waals surface area contributed by atoms with Crippen molar-refractivity contribution in [3.8, 4) is 0 Å². The van der Waals surface area contributed by atoms with E-state index in [1.807, 2.05) is 0 Å². The monoisotopic (exact) mass is 326 g/mol. The van der Waals surface area contributed by atoms with Gasteiger partial charge in [0, 0.05) is 11.1 Å². The molecule has 0 bridgehead atoms. The van der Waals surface area contributed by atoms with Gasteiger partial charge in [-0.15, -0.1) is 0 Å². The summed E-state index contributed by atoms with van der Waals surface area (Å²) >= 11 is 10.8. The smallest absolute Gasteiger partial charge is 0.255 e. The van der Waals surface area contributed by atoms with Crippen molar-refractivity contribution >= 4 is 40.4 Å². The van der Waals surface area contributed by atoms with Crippen LogP contribution in [0, 0.1) is 11.6 Å². The summed E-state index contributed by atoms with van der Waals surface area (Å²) in [6.45, 7) is 0. The Hall–Kier alpha value is -2.05. The molecule has 0 saturated heterocycles. The first kappa shape index (κ1) is 15.3. The van der Waals surface area contributed by atoms with E-state index in [1.54, 1.807) is 6.07 Å². The van der Waals surface area contributed by atoms with Gasteiger partial charge in [0.2, 0.25) is 0 Å². The predicted octanol–water partition coefficient (Wildman–Crippen LogP) is 3.50. The summed E-state index contributed by atoms with van der Waals surface area (Å²) in [7, 11) is 0. The van der Waals surface area contributed by atoms with Gasteiger partial charge >= 0.3 is 0 Å². The maximum atomic E-state index is 13.1. The van der Waals surface area contributed by atoms with Crippen LogP contribution in [0.1, 0.15) is 15.9 Å². The molecular formula is C14H9ClF2N2OS. The van der Waals surface area contributed by atoms with Crippen LogP contribution in [0.2, 0.25) is 5.02 Å². The fourth-order valence-corrected chi connectivity index (χ4v) is 1.96. The Morgan fingerprint density at radius 2 is 1.76 bits per heavy atom. The maximum absolute atomic E-state index is 13.1. The number of halogens is 3. The molecule has 0 radical (unpaired) electrons. The number of hydrogen-bond acceptors (Lipinski definition) is 2. The highest BCUT2D eigenvalue weighted by Gasteiger charge is 2.12. The quantitative estimate of drug-likeness (QED) is 0.849. The number of carbonyl (C=O) groups is 1. The molecule has 2 rings (SSSR count). The minimum Gasteiger partial charge on any atom is -0.389 e. The fourth-order valence-electron chi connectivity index (χ4n) is 1.60. The highest BCUT2D eigenvalue weighted by Crippen LogP contribution is 2.24. The lowest BCUT2D eigenvalue weighted by molar-refractivity contribution is 0.102. The summed E-state index contributed by atoms with van der Waals surface area (Å²) in [5, 5.41) is 2.73. The molecule has 21 heavy (non-hydrogen) atoms. The van der Waals surface area contributed by atoms with Gasteiger partial charge in [0.15, 0.2) is 11.6 Å². The fraction of sp³-hybridized carbons (Fsp3) is 0. The Morgan fingerprint density at radius 1 is 1.10 bits per heavy atom. The van der Waals surface area contributed by atoms with Crippen LogP contribution in [0.4, 0.5) is 14.5 Å². The van der Waals surface area contributed by atoms with Crippen molar-refractivity contribution in [3.05, 3.63) is 64.2 Å². The number of nitrogens with one attached hydrogen (secondary N) is 1. The lowest BCUT2D eigenvalue weighted by Gasteiger charge is -2.09. The Kier molecular flexibility index (Phi) is 4.50. The maximum Gasteiger partial charge on any atom is 0.255 e. The summed E-state index contributed by atoms with van der Waals surface area (Å²) < 4.78 is 25.9. The van der Waals surface area contributed by atoms with Crippen molar-refractivity contribution < 1.29 is 13.6 Å². The Balaban J connectivity index is 2.23. The van der Waals surface area contributed by atoms with Gasteiger partial charge in [0.1, 0.15) is 4.99 Å². The van der Waals surface area contributed by atoms with Gasteiger partial charge in [-0.3, -0.25) is 4.79 Å². The van der Waals surface area contributed by atoms with E-state index in [4.69, 9.17) is 29.6 Å². The molecule has 0 aliphatic carbocycles. The second-order valence-electron chi connectivity index (χ2n) is 4.14. The highest BCUT2D eigenvalue weighted by molar-refractivity contribution is 7.80. The van der Waals surface area contributed by atoms with E-state index in [2.05, 4.69) is 5.32 Å². The SMILES string of the molecule is NC(=S)c1ccc(NC(=O)c2ccc(F)c(F)c2)c(Cl)c1. The van der Waals surface area contributed by atoms with Gasteiger partial charge < -0.3 is 11.1 Å². The van der Waals surface area contributed by atoms with Gasteiger partial charge in [0.05, 0.1) is 10.7 Å². The van der Waals surface area contributed by atoms with Crippen LogP contribution in [0.3, 0.4) is 0 Å². The van der Waals surface area contributed by atoms with Crippen LogP contribution in [0.15, 0.2) is 36.4 Å². The molecule has 2 aromatic carbocycles. The number of carbonyl (C=O) groups excluding carboxylic acids is 1. The van der Waals surface area contributed by atoms with Crippen molar-refractivity contribution in [1.82, 2.24) is 0 Å². The molecule has 0 saturated carbocycles. The Morgan fingerprint density at radius 3 is 2.33 bits per heavy atom. The molecule has 0 unspecified atom stereocenters. The first-order valence-electron chi connectivity index (χ1n) is 5.74. The van der Waals surface area contributed by atoms with Crippen LogP contribution < -0.4 is 11.1 Å². The number of amides is 1. The van der Waals surface area contributed by atoms with Gasteiger partial charge in [-0.1, -0.05) is 23.8 Å². The summed E-state index contributed by atoms with van der Waals surface area (Å²) in [6.07, 6.45) is 0. The molecular weight excluding hydrogens is 318 g/mol. The van der Waals surface area contributed by atoms with Crippen molar-refractivity contribution in [3.63, 3.8) is 0 Å². The molecule has 2 aromatic rings. The van der Waals surface area contributed by atoms with Crippen LogP contribution >= 0.6 is 23.8 Å². The second kappa shape index (κ2) is 6.15. The third-order valence-electron chi connectivity index (χ3n) is 2.68. The summed E-state index contributed by atoms with van der Waals surface area (Å²) in [5.74, 6) is -2.73. The van der Waals surface area contributed by atoms with E-state index >= 15 is 0 Å². The van der Waals surface area contributed by atoms with Crippen LogP contribution in [-0.4, -0.2) is 10.9 Å². The minimum absolute atomic E-state index is 0.0246. The molecule has 1 amide bonds. The van der Waals surface area contributed by atoms with Gasteiger partial charge in [-0.2, -0.15) is 0 Å². The number of hydrogen-bond donors (Lipinski definition) is 2. The molecule has 108 valence electrons. The first-order valence-corrected chi connectivity index (χ1v) is 6.53. The zero-order valence-corrected chi connectivity index (χ0v) is 12.1. The van der Waals surface area contributed by atoms with E-state index < -0.39 is 17.5 Å². The molecule has 3 N–H and O–H groups in total. The van der Waals surface area contributed by atoms with Crippen molar-refractivity contribution in [2.24, 2.45) is 5.73 Å². The minimum atomic E-state index is -1.10. The van der Waals surface area contributed by atoms with E-state index in [-0.39, 0.29) is 15.6 Å². The molecule has 0 heterocycles. The summed E-state index contributed by atoms with van der Waals surface area (Å²) in [4.78, 5) is 12.1. The number of thiocarbonyl (C=S) groups is 1. The molecule has 0 aliphatic heterocycles. The van der Waals surface area contributed by atoms with Crippen molar-refractivity contribution in [2.45, 2.75) is 0 Å². The van der Waals surface area contributed by atoms with Gasteiger partial charge in [-0.05, 0) is 36.4 Å². The van der Waals surface area contributed by atoms with Crippen molar-refractivity contribution in [2.75, 3.05) is 5.32 Å². The van der Waals surface area contributed by atoms with Gasteiger partial charge in [-0.25, -0.2) is 8.78 Å². The highest BCUT2D eigenvalue weighted by atomic mass is 35.5. The molecule has 0 aliphatic rings. The first-order chi connectivity index (χ1) is 9.88. The van der Waals surface area contributed by atoms with Crippen LogP contribution in [-0.2, 0) is 0 Å². The molecule has 0 atom stereocenters. The molecule has 3 nitrogen and oxygen atoms in total.